The molecule has 0 saturated heterocycles. The number of carbonyl (C=O) groups excluding carboxylic acids is 1. The van der Waals surface area contributed by atoms with Crippen molar-refractivity contribution in [1.29, 1.82) is 0 Å². The van der Waals surface area contributed by atoms with Crippen molar-refractivity contribution in [2.45, 2.75) is 12.8 Å². The second-order valence-electron chi connectivity index (χ2n) is 5.55. The number of rotatable bonds is 5. The minimum atomic E-state index is -0.268. The summed E-state index contributed by atoms with van der Waals surface area (Å²) in [5.41, 5.74) is 1.96. The molecule has 0 unspecified atom stereocenters. The van der Waals surface area contributed by atoms with Gasteiger partial charge in [-0.2, -0.15) is 0 Å². The number of amides is 1. The number of aliphatic imine (C=N–C) groups is 1. The Bertz CT molecular complexity index is 860. The average molecular weight is 359 g/mol. The zero-order valence-electron chi connectivity index (χ0n) is 13.6. The van der Waals surface area contributed by atoms with Gasteiger partial charge >= 0.3 is 0 Å². The van der Waals surface area contributed by atoms with Crippen LogP contribution in [-0.2, 0) is 11.2 Å². The van der Waals surface area contributed by atoms with Gasteiger partial charge < -0.3 is 10.1 Å². The van der Waals surface area contributed by atoms with E-state index in [4.69, 9.17) is 16.3 Å². The summed E-state index contributed by atoms with van der Waals surface area (Å²) >= 11 is 6.01. The Morgan fingerprint density at radius 3 is 2.68 bits per heavy atom. The summed E-state index contributed by atoms with van der Waals surface area (Å²) in [7, 11) is 1.55. The highest BCUT2D eigenvalue weighted by Crippen LogP contribution is 2.26. The van der Waals surface area contributed by atoms with Crippen molar-refractivity contribution in [2.24, 2.45) is 4.99 Å². The summed E-state index contributed by atoms with van der Waals surface area (Å²) in [6.45, 7) is 0. The van der Waals surface area contributed by atoms with Gasteiger partial charge in [-0.25, -0.2) is 9.38 Å². The largest absolute Gasteiger partial charge is 0.496 e. The predicted octanol–water partition coefficient (Wildman–Crippen LogP) is 3.99. The normalized spacial score (nSPS) is 15.2. The third-order valence-electron chi connectivity index (χ3n) is 3.79. The molecule has 4 nitrogen and oxygen atoms in total. The molecule has 1 aliphatic rings. The molecule has 0 aromatic heterocycles. The molecule has 2 aromatic carbocycles. The topological polar surface area (TPSA) is 50.7 Å². The summed E-state index contributed by atoms with van der Waals surface area (Å²) in [6.07, 6.45) is 2.86. The molecule has 6 heteroatoms. The van der Waals surface area contributed by atoms with Gasteiger partial charge in [0.15, 0.2) is 0 Å². The van der Waals surface area contributed by atoms with Gasteiger partial charge in [0.2, 0.25) is 0 Å². The van der Waals surface area contributed by atoms with Crippen molar-refractivity contribution in [2.75, 3.05) is 7.11 Å². The predicted molar refractivity (Wildman–Crippen MR) is 96.3 cm³/mol. The zero-order chi connectivity index (χ0) is 17.8. The summed E-state index contributed by atoms with van der Waals surface area (Å²) in [6, 6.07) is 11.4. The van der Waals surface area contributed by atoms with Crippen LogP contribution < -0.4 is 10.1 Å². The maximum absolute atomic E-state index is 12.9. The number of aryl methyl sites for hydroxylation is 1. The van der Waals surface area contributed by atoms with E-state index in [0.717, 1.165) is 5.56 Å². The van der Waals surface area contributed by atoms with Crippen LogP contribution >= 0.6 is 11.6 Å². The lowest BCUT2D eigenvalue weighted by atomic mass is 10.1. The monoisotopic (exact) mass is 358 g/mol. The minimum Gasteiger partial charge on any atom is -0.496 e. The standard InChI is InChI=1S/C19H16ClFN2O2/c1-25-17-8-5-14(20)10-13(17)11-16-19(24)23-18(22-16)9-4-12-2-6-15(21)7-3-12/h2-3,5-8,10-11H,4,9H2,1H3,(H,22,23,24)/b16-11+. The lowest BCUT2D eigenvalue weighted by Crippen LogP contribution is -2.24. The summed E-state index contributed by atoms with van der Waals surface area (Å²) in [5, 5.41) is 3.30. The second-order valence-corrected chi connectivity index (χ2v) is 5.99. The fraction of sp³-hybridized carbons (Fsp3) is 0.158. The summed E-state index contributed by atoms with van der Waals surface area (Å²) < 4.78 is 18.2. The van der Waals surface area contributed by atoms with Gasteiger partial charge in [-0.3, -0.25) is 4.79 Å². The number of benzene rings is 2. The first-order valence-corrected chi connectivity index (χ1v) is 8.11. The molecule has 0 fully saturated rings. The van der Waals surface area contributed by atoms with E-state index in [1.807, 2.05) is 0 Å². The van der Waals surface area contributed by atoms with Crippen LogP contribution in [0.3, 0.4) is 0 Å². The van der Waals surface area contributed by atoms with Gasteiger partial charge in [0.1, 0.15) is 23.1 Å². The number of ether oxygens (including phenoxy) is 1. The third-order valence-corrected chi connectivity index (χ3v) is 4.03. The molecule has 1 N–H and O–H groups in total. The number of methoxy groups -OCH3 is 1. The Morgan fingerprint density at radius 2 is 1.96 bits per heavy atom. The molecule has 0 atom stereocenters. The molecule has 1 amide bonds. The number of nitrogens with zero attached hydrogens (tertiary/aromatic N) is 1. The van der Waals surface area contributed by atoms with E-state index < -0.39 is 0 Å². The van der Waals surface area contributed by atoms with Gasteiger partial charge in [0.05, 0.1) is 7.11 Å². The van der Waals surface area contributed by atoms with Crippen molar-refractivity contribution in [3.05, 3.63) is 70.1 Å². The van der Waals surface area contributed by atoms with Crippen molar-refractivity contribution in [1.82, 2.24) is 5.32 Å². The molecular weight excluding hydrogens is 343 g/mol. The van der Waals surface area contributed by atoms with E-state index in [1.165, 1.54) is 12.1 Å². The molecule has 0 bridgehead atoms. The van der Waals surface area contributed by atoms with Crippen molar-refractivity contribution in [3.8, 4) is 5.75 Å². The second kappa shape index (κ2) is 7.49. The van der Waals surface area contributed by atoms with Crippen LogP contribution in [0.4, 0.5) is 4.39 Å². The molecule has 0 radical (unpaired) electrons. The first-order valence-electron chi connectivity index (χ1n) is 7.74. The molecule has 25 heavy (non-hydrogen) atoms. The van der Waals surface area contributed by atoms with E-state index >= 15 is 0 Å². The van der Waals surface area contributed by atoms with Gasteiger partial charge in [-0.1, -0.05) is 23.7 Å². The summed E-state index contributed by atoms with van der Waals surface area (Å²) in [4.78, 5) is 16.5. The Hall–Kier alpha value is -2.66. The molecule has 0 spiro atoms. The molecular formula is C19H16ClFN2O2. The van der Waals surface area contributed by atoms with Crippen LogP contribution in [0.2, 0.25) is 5.02 Å². The summed E-state index contributed by atoms with van der Waals surface area (Å²) in [5.74, 6) is 0.660. The Morgan fingerprint density at radius 1 is 1.20 bits per heavy atom. The van der Waals surface area contributed by atoms with Crippen molar-refractivity contribution < 1.29 is 13.9 Å². The Kier molecular flexibility index (Phi) is 5.14. The highest BCUT2D eigenvalue weighted by molar-refractivity contribution is 6.30. The van der Waals surface area contributed by atoms with Gasteiger partial charge in [0.25, 0.3) is 5.91 Å². The van der Waals surface area contributed by atoms with Gasteiger partial charge in [-0.05, 0) is 48.4 Å². The van der Waals surface area contributed by atoms with E-state index in [-0.39, 0.29) is 11.7 Å². The maximum Gasteiger partial charge on any atom is 0.275 e. The number of amidine groups is 1. The van der Waals surface area contributed by atoms with Crippen LogP contribution in [0, 0.1) is 5.82 Å². The van der Waals surface area contributed by atoms with Crippen LogP contribution in [0.5, 0.6) is 5.75 Å². The molecule has 1 heterocycles. The first-order chi connectivity index (χ1) is 12.0. The Balaban J connectivity index is 1.76. The molecule has 1 aliphatic heterocycles. The van der Waals surface area contributed by atoms with Crippen molar-refractivity contribution in [3.63, 3.8) is 0 Å². The quantitative estimate of drug-likeness (QED) is 0.822. The fourth-order valence-electron chi connectivity index (χ4n) is 2.51. The highest BCUT2D eigenvalue weighted by Gasteiger charge is 2.20. The molecule has 3 rings (SSSR count). The van der Waals surface area contributed by atoms with E-state index in [9.17, 15) is 9.18 Å². The highest BCUT2D eigenvalue weighted by atomic mass is 35.5. The van der Waals surface area contributed by atoms with Crippen LogP contribution in [0.15, 0.2) is 53.2 Å². The minimum absolute atomic E-state index is 0.267. The van der Waals surface area contributed by atoms with E-state index in [2.05, 4.69) is 10.3 Å². The van der Waals surface area contributed by atoms with Gasteiger partial charge in [0, 0.05) is 17.0 Å². The number of hydrogen-bond acceptors (Lipinski definition) is 3. The van der Waals surface area contributed by atoms with E-state index in [1.54, 1.807) is 43.5 Å². The maximum atomic E-state index is 12.9. The zero-order valence-corrected chi connectivity index (χ0v) is 14.3. The molecule has 0 aliphatic carbocycles. The Labute approximate surface area is 150 Å². The number of carbonyl (C=O) groups is 1. The van der Waals surface area contributed by atoms with Crippen LogP contribution in [0.25, 0.3) is 6.08 Å². The lowest BCUT2D eigenvalue weighted by Gasteiger charge is -2.05. The first kappa shape index (κ1) is 17.2. The lowest BCUT2D eigenvalue weighted by molar-refractivity contribution is -0.115. The van der Waals surface area contributed by atoms with Crippen molar-refractivity contribution >= 4 is 29.4 Å². The van der Waals surface area contributed by atoms with Gasteiger partial charge in [-0.15, -0.1) is 0 Å². The molecule has 0 saturated carbocycles. The number of hydrogen-bond donors (Lipinski definition) is 1. The smallest absolute Gasteiger partial charge is 0.275 e. The third kappa shape index (κ3) is 4.25. The van der Waals surface area contributed by atoms with Crippen LogP contribution in [-0.4, -0.2) is 18.9 Å². The molecule has 128 valence electrons. The SMILES string of the molecule is COc1ccc(Cl)cc1/C=C1/N=C(CCc2ccc(F)cc2)NC1=O. The molecule has 2 aromatic rings. The number of halogens is 2. The van der Waals surface area contributed by atoms with E-state index in [0.29, 0.717) is 40.7 Å². The fourth-order valence-corrected chi connectivity index (χ4v) is 2.70. The van der Waals surface area contributed by atoms with Crippen LogP contribution in [0.1, 0.15) is 17.5 Å². The average Bonchev–Trinajstić information content (AvgIpc) is 2.94. The number of nitrogens with one attached hydrogen (secondary N) is 1.